The van der Waals surface area contributed by atoms with Gasteiger partial charge >= 0.3 is 17.9 Å². The Balaban J connectivity index is 0.975. The van der Waals surface area contributed by atoms with Crippen LogP contribution in [0.5, 0.6) is 5.75 Å². The van der Waals surface area contributed by atoms with Crippen molar-refractivity contribution >= 4 is 80.6 Å². The average molecular weight is 1030 g/mol. The van der Waals surface area contributed by atoms with Crippen molar-refractivity contribution in [3.8, 4) is 50.7 Å². The molecule has 2 amide bonds. The molecule has 9 rings (SSSR count). The highest BCUT2D eigenvalue weighted by Gasteiger charge is 2.30. The van der Waals surface area contributed by atoms with Crippen LogP contribution in [0.1, 0.15) is 82.3 Å². The number of aromatic carboxylic acids is 3. The quantitative estimate of drug-likeness (QED) is 0.0501. The number of amides is 2. The fourth-order valence-corrected chi connectivity index (χ4v) is 9.64. The Bertz CT molecular complexity index is 3900. The highest BCUT2D eigenvalue weighted by atomic mass is 35.5. The number of nitrogens with one attached hydrogen (secondary N) is 3. The van der Waals surface area contributed by atoms with E-state index in [0.29, 0.717) is 62.8 Å². The van der Waals surface area contributed by atoms with Crippen molar-refractivity contribution in [1.29, 1.82) is 0 Å². The summed E-state index contributed by atoms with van der Waals surface area (Å²) in [7, 11) is 0. The molecule has 372 valence electrons. The molecule has 2 aliphatic carbocycles. The number of carbonyl (C=O) groups is 5. The molecule has 0 spiro atoms. The van der Waals surface area contributed by atoms with E-state index >= 15 is 0 Å². The number of hydrogen-bond acceptors (Lipinski definition) is 11. The van der Waals surface area contributed by atoms with Gasteiger partial charge in [0, 0.05) is 87.7 Å². The number of rotatable bonds is 14. The van der Waals surface area contributed by atoms with E-state index in [1.807, 2.05) is 39.0 Å². The Morgan fingerprint density at radius 1 is 0.635 bits per heavy atom. The molecule has 0 bridgehead atoms. The van der Waals surface area contributed by atoms with Gasteiger partial charge in [-0.05, 0) is 110 Å². The second-order valence-corrected chi connectivity index (χ2v) is 17.9. The number of carboxylic acids is 3. The summed E-state index contributed by atoms with van der Waals surface area (Å²) in [6, 6.07) is 27.0. The van der Waals surface area contributed by atoms with E-state index in [-0.39, 0.29) is 90.3 Å². The minimum atomic E-state index is -1.42. The molecule has 0 saturated heterocycles. The van der Waals surface area contributed by atoms with Crippen molar-refractivity contribution in [3.05, 3.63) is 179 Å². The molecule has 2 aliphatic heterocycles. The number of phenolic OH excluding ortho intramolecular Hbond substituents is 1. The Hall–Kier alpha value is -8.99. The third-order valence-electron chi connectivity index (χ3n) is 12.5. The Labute approximate surface area is 429 Å². The van der Waals surface area contributed by atoms with E-state index < -0.39 is 35.2 Å². The molecule has 74 heavy (non-hydrogen) atoms. The first-order valence-corrected chi connectivity index (χ1v) is 23.7. The number of nitrogens with zero attached hydrogens (tertiary/aromatic N) is 1. The molecule has 18 heteroatoms. The predicted octanol–water partition coefficient (Wildman–Crippen LogP) is 10.7. The lowest BCUT2D eigenvalue weighted by molar-refractivity contribution is 0.0682. The van der Waals surface area contributed by atoms with Crippen LogP contribution in [0, 0.1) is 6.92 Å². The summed E-state index contributed by atoms with van der Waals surface area (Å²) in [6.45, 7) is 6.57. The molecule has 5 aromatic rings. The third-order valence-corrected chi connectivity index (χ3v) is 13.2. The van der Waals surface area contributed by atoms with E-state index in [1.54, 1.807) is 24.3 Å². The number of hydrogen-bond donors (Lipinski definition) is 7. The topological polar surface area (TPSA) is 258 Å². The minimum absolute atomic E-state index is 0.0268. The number of aromatic hydroxyl groups is 1. The predicted molar refractivity (Wildman–Crippen MR) is 279 cm³/mol. The summed E-state index contributed by atoms with van der Waals surface area (Å²) in [4.78, 5) is 81.9. The monoisotopic (exact) mass is 1030 g/mol. The molecule has 5 aromatic carbocycles. The van der Waals surface area contributed by atoms with Crippen molar-refractivity contribution in [2.75, 3.05) is 18.4 Å². The molecule has 2 heterocycles. The molecule has 0 aromatic heterocycles. The number of anilines is 1. The van der Waals surface area contributed by atoms with Crippen LogP contribution in [0.15, 0.2) is 128 Å². The van der Waals surface area contributed by atoms with Gasteiger partial charge in [0.05, 0.1) is 49.8 Å². The molecule has 16 nitrogen and oxygen atoms in total. The van der Waals surface area contributed by atoms with Crippen LogP contribution >= 0.6 is 23.2 Å². The lowest BCUT2D eigenvalue weighted by Gasteiger charge is -2.21. The van der Waals surface area contributed by atoms with E-state index in [4.69, 9.17) is 32.0 Å². The number of carboxylic acid groups (broad SMARTS) is 3. The maximum Gasteiger partial charge on any atom is 0.337 e. The molecule has 0 unspecified atom stereocenters. The fourth-order valence-electron chi connectivity index (χ4n) is 9.03. The molecular weight excluding hydrogens is 992 g/mol. The standard InChI is InChI=1S/C56H42Cl2N4O12/c1-4-59-30-11-14-34-43(20-30)73-45-23-41(60-5-2)26(3)18-37(45)47(34)48-40(57)22-38(50(58)49(48)56(71)72)53(66)61-24-27-6-8-28(9-7-27)52(65)62-25-39-42(64)17-16-35-46(33-15-12-31(63)21-44(33)74-51(35)39)32-13-10-29(54(67)68)19-36(32)55(69)70/h6-23,59,64H,4-5,24-25H2,1-3H3,(H,61,66)(H,62,65)(H,67,68)(H,69,70)(H,71,72). The minimum Gasteiger partial charge on any atom is -0.507 e. The summed E-state index contributed by atoms with van der Waals surface area (Å²) in [6.07, 6.45) is 0. The first-order valence-electron chi connectivity index (χ1n) is 23.0. The molecular formula is C56H42Cl2N4O12. The van der Waals surface area contributed by atoms with E-state index in [2.05, 4.69) is 20.9 Å². The van der Waals surface area contributed by atoms with Gasteiger partial charge in [0.1, 0.15) is 28.4 Å². The molecule has 0 radical (unpaired) electrons. The van der Waals surface area contributed by atoms with Gasteiger partial charge in [0.25, 0.3) is 11.8 Å². The van der Waals surface area contributed by atoms with Gasteiger partial charge in [-0.25, -0.2) is 14.4 Å². The molecule has 4 aliphatic rings. The summed E-state index contributed by atoms with van der Waals surface area (Å²) in [5, 5.41) is 51.5. The normalized spacial score (nSPS) is 11.6. The van der Waals surface area contributed by atoms with Gasteiger partial charge in [-0.2, -0.15) is 0 Å². The maximum atomic E-state index is 13.8. The van der Waals surface area contributed by atoms with Gasteiger partial charge < -0.3 is 45.2 Å². The summed E-state index contributed by atoms with van der Waals surface area (Å²) >= 11 is 13.9. The number of aryl methyl sites for hydroxylation is 1. The third kappa shape index (κ3) is 9.35. The fraction of sp³-hybridized carbons (Fsp3) is 0.125. The lowest BCUT2D eigenvalue weighted by Crippen LogP contribution is -2.24. The zero-order chi connectivity index (χ0) is 52.7. The van der Waals surface area contributed by atoms with Crippen molar-refractivity contribution in [3.63, 3.8) is 0 Å². The molecule has 0 atom stereocenters. The Kier molecular flexibility index (Phi) is 13.7. The lowest BCUT2D eigenvalue weighted by atomic mass is 9.88. The number of benzene rings is 7. The zero-order valence-corrected chi connectivity index (χ0v) is 41.0. The first-order chi connectivity index (χ1) is 35.5. The highest BCUT2D eigenvalue weighted by molar-refractivity contribution is 6.41. The zero-order valence-electron chi connectivity index (χ0n) is 39.5. The van der Waals surface area contributed by atoms with Crippen LogP contribution in [0.3, 0.4) is 0 Å². The van der Waals surface area contributed by atoms with Crippen molar-refractivity contribution in [1.82, 2.24) is 10.6 Å². The first kappa shape index (κ1) is 50.0. The van der Waals surface area contributed by atoms with Crippen molar-refractivity contribution in [2.45, 2.75) is 33.9 Å². The van der Waals surface area contributed by atoms with Gasteiger partial charge in [-0.15, -0.1) is 0 Å². The van der Waals surface area contributed by atoms with Gasteiger partial charge in [-0.3, -0.25) is 19.4 Å². The summed E-state index contributed by atoms with van der Waals surface area (Å²) < 4.78 is 12.6. The number of phenols is 1. The van der Waals surface area contributed by atoms with Gasteiger partial charge in [-0.1, -0.05) is 41.4 Å². The average Bonchev–Trinajstić information content (AvgIpc) is 3.37. The smallest absolute Gasteiger partial charge is 0.337 e. The molecule has 0 saturated carbocycles. The van der Waals surface area contributed by atoms with Crippen molar-refractivity contribution < 1.29 is 53.2 Å². The number of fused-ring (bicyclic) bond motifs is 4. The SMILES string of the molecule is CCN=c1cc2oc3cc(NCC)ccc3c(-c3c(Cl)cc(C(=O)NCc4ccc(C(=O)NCc5c(O)ccc6c(-c7ccc(C(=O)O)cc7C(=O)O)c7ccc(=O)cc-7oc56)cc4)c(Cl)c3C(=O)O)c-2cc1C. The van der Waals surface area contributed by atoms with Crippen LogP contribution in [-0.4, -0.2) is 63.2 Å². The highest BCUT2D eigenvalue weighted by Crippen LogP contribution is 2.48. The van der Waals surface area contributed by atoms with Gasteiger partial charge in [0.15, 0.2) is 5.43 Å². The Morgan fingerprint density at radius 3 is 2.04 bits per heavy atom. The largest absolute Gasteiger partial charge is 0.507 e. The van der Waals surface area contributed by atoms with Crippen LogP contribution in [-0.2, 0) is 13.1 Å². The van der Waals surface area contributed by atoms with E-state index in [1.165, 1.54) is 60.7 Å². The van der Waals surface area contributed by atoms with E-state index in [0.717, 1.165) is 17.3 Å². The molecule has 0 fully saturated rings. The summed E-state index contributed by atoms with van der Waals surface area (Å²) in [5.74, 6) is -5.26. The van der Waals surface area contributed by atoms with Crippen LogP contribution in [0.25, 0.3) is 66.8 Å². The van der Waals surface area contributed by atoms with Crippen LogP contribution < -0.4 is 26.7 Å². The Morgan fingerprint density at radius 2 is 1.34 bits per heavy atom. The summed E-state index contributed by atoms with van der Waals surface area (Å²) in [5.41, 5.74) is 3.16. The second kappa shape index (κ2) is 20.3. The van der Waals surface area contributed by atoms with Crippen LogP contribution in [0.4, 0.5) is 5.69 Å². The number of carbonyl (C=O) groups excluding carboxylic acids is 2. The van der Waals surface area contributed by atoms with Crippen LogP contribution in [0.2, 0.25) is 10.0 Å². The number of halogens is 2. The molecule has 7 N–H and O–H groups in total. The second-order valence-electron chi connectivity index (χ2n) is 17.1. The van der Waals surface area contributed by atoms with E-state index in [9.17, 15) is 49.2 Å². The van der Waals surface area contributed by atoms with Gasteiger partial charge in [0.2, 0.25) is 0 Å². The van der Waals surface area contributed by atoms with Crippen molar-refractivity contribution in [2.24, 2.45) is 4.99 Å². The maximum absolute atomic E-state index is 13.8.